The van der Waals surface area contributed by atoms with Crippen LogP contribution >= 0.6 is 0 Å². The Morgan fingerprint density at radius 2 is 1.79 bits per heavy atom. The van der Waals surface area contributed by atoms with Crippen LogP contribution in [0.5, 0.6) is 0 Å². The minimum absolute atomic E-state index is 0.0399. The molecule has 1 saturated heterocycles. The van der Waals surface area contributed by atoms with E-state index in [0.29, 0.717) is 47.7 Å². The molecule has 1 fully saturated rings. The van der Waals surface area contributed by atoms with E-state index in [9.17, 15) is 22.8 Å². The summed E-state index contributed by atoms with van der Waals surface area (Å²) in [6, 6.07) is 14.0. The van der Waals surface area contributed by atoms with Gasteiger partial charge in [-0.05, 0) is 55.0 Å². The first-order chi connectivity index (χ1) is 22.6. The molecule has 0 saturated carbocycles. The zero-order valence-corrected chi connectivity index (χ0v) is 26.5. The van der Waals surface area contributed by atoms with Crippen molar-refractivity contribution in [2.75, 3.05) is 31.6 Å². The van der Waals surface area contributed by atoms with E-state index in [1.165, 1.54) is 24.5 Å². The summed E-state index contributed by atoms with van der Waals surface area (Å²) in [6.45, 7) is 9.75. The molecule has 1 unspecified atom stereocenters. The van der Waals surface area contributed by atoms with Gasteiger partial charge in [0.15, 0.2) is 17.3 Å². The van der Waals surface area contributed by atoms with Crippen LogP contribution < -0.4 is 5.32 Å². The van der Waals surface area contributed by atoms with E-state index in [2.05, 4.69) is 25.6 Å². The van der Waals surface area contributed by atoms with Crippen LogP contribution in [0.3, 0.4) is 0 Å². The number of amides is 2. The fraction of sp³-hybridized carbons (Fsp3) is 0.294. The first kappa shape index (κ1) is 34.7. The van der Waals surface area contributed by atoms with Gasteiger partial charge in [-0.1, -0.05) is 51.1 Å². The van der Waals surface area contributed by atoms with Crippen LogP contribution in [0.4, 0.5) is 19.0 Å². The molecule has 1 aliphatic rings. The van der Waals surface area contributed by atoms with Crippen LogP contribution in [0.1, 0.15) is 55.2 Å². The van der Waals surface area contributed by atoms with Crippen molar-refractivity contribution in [2.24, 2.45) is 0 Å². The molecule has 3 aromatic heterocycles. The quantitative estimate of drug-likeness (QED) is 0.172. The maximum absolute atomic E-state index is 13.8. The van der Waals surface area contributed by atoms with Crippen molar-refractivity contribution in [1.29, 1.82) is 0 Å². The van der Waals surface area contributed by atoms with Crippen molar-refractivity contribution in [2.45, 2.75) is 39.8 Å². The van der Waals surface area contributed by atoms with Crippen LogP contribution in [0.25, 0.3) is 17.1 Å². The van der Waals surface area contributed by atoms with Gasteiger partial charge in [0, 0.05) is 48.1 Å². The Morgan fingerprint density at radius 1 is 1.02 bits per heavy atom. The zero-order valence-electron chi connectivity index (χ0n) is 26.5. The van der Waals surface area contributed by atoms with Crippen molar-refractivity contribution < 1.29 is 27.5 Å². The van der Waals surface area contributed by atoms with Crippen molar-refractivity contribution in [3.8, 4) is 17.1 Å². The molecule has 0 bridgehead atoms. The normalized spacial score (nSPS) is 14.4. The molecule has 1 aromatic carbocycles. The SMILES string of the molecule is C/C=C\C(=C/C(C)c1cccc(C(=O)N2CCOCC2)c1)C(=O)Nc1ccc(-n2nc(-c3cccnc3)cc2C(F)(F)F)nn1.CC. The second-order valence-electron chi connectivity index (χ2n) is 10.2. The highest BCUT2D eigenvalue weighted by Crippen LogP contribution is 2.33. The van der Waals surface area contributed by atoms with Gasteiger partial charge in [0.1, 0.15) is 0 Å². The standard InChI is InChI=1S/C32H30F3N7O3.C2H6/c1-3-6-23(17-21(2)22-7-4-8-24(18-22)31(44)41-13-15-45-16-14-41)30(43)37-28-10-11-29(39-38-28)42-27(32(33,34)35)19-26(40-42)25-9-5-12-36-20-25;1-2/h3-12,17-21H,13-16H2,1-2H3,(H,37,38,43);1-2H3/b6-3-,23-17+;. The zero-order chi connectivity index (χ0) is 34.0. The largest absolute Gasteiger partial charge is 0.433 e. The van der Waals surface area contributed by atoms with Crippen LogP contribution in [-0.4, -0.2) is 68.0 Å². The summed E-state index contributed by atoms with van der Waals surface area (Å²) in [5, 5.41) is 14.6. The van der Waals surface area contributed by atoms with Crippen molar-refractivity contribution in [3.63, 3.8) is 0 Å². The number of morpholine rings is 1. The van der Waals surface area contributed by atoms with Gasteiger partial charge in [-0.2, -0.15) is 18.3 Å². The lowest BCUT2D eigenvalue weighted by Gasteiger charge is -2.27. The number of pyridine rings is 1. The monoisotopic (exact) mass is 647 g/mol. The lowest BCUT2D eigenvalue weighted by molar-refractivity contribution is -0.142. The molecule has 2 amide bonds. The van der Waals surface area contributed by atoms with Gasteiger partial charge < -0.3 is 15.0 Å². The molecule has 1 N–H and O–H groups in total. The Labute approximate surface area is 271 Å². The van der Waals surface area contributed by atoms with E-state index >= 15 is 0 Å². The summed E-state index contributed by atoms with van der Waals surface area (Å²) < 4.78 is 47.5. The molecule has 0 spiro atoms. The Hall–Kier alpha value is -5.17. The van der Waals surface area contributed by atoms with E-state index in [1.54, 1.807) is 48.3 Å². The Morgan fingerprint density at radius 3 is 2.43 bits per heavy atom. The van der Waals surface area contributed by atoms with Crippen LogP contribution in [-0.2, 0) is 15.7 Å². The van der Waals surface area contributed by atoms with Crippen molar-refractivity contribution in [1.82, 2.24) is 29.9 Å². The lowest BCUT2D eigenvalue weighted by Crippen LogP contribution is -2.40. The number of halogens is 3. The molecule has 13 heteroatoms. The first-order valence-corrected chi connectivity index (χ1v) is 15.2. The molecular weight excluding hydrogens is 611 g/mol. The van der Waals surface area contributed by atoms with Gasteiger partial charge in [0.2, 0.25) is 0 Å². The van der Waals surface area contributed by atoms with Crippen LogP contribution in [0.2, 0.25) is 0 Å². The third-order valence-corrected chi connectivity index (χ3v) is 7.06. The van der Waals surface area contributed by atoms with E-state index in [1.807, 2.05) is 39.0 Å². The maximum Gasteiger partial charge on any atom is 0.433 e. The molecule has 4 heterocycles. The summed E-state index contributed by atoms with van der Waals surface area (Å²) in [4.78, 5) is 31.9. The number of benzene rings is 1. The molecule has 0 aliphatic carbocycles. The predicted octanol–water partition coefficient (Wildman–Crippen LogP) is 6.49. The molecule has 4 aromatic rings. The minimum Gasteiger partial charge on any atom is -0.378 e. The Bertz CT molecular complexity index is 1710. The fourth-order valence-corrected chi connectivity index (χ4v) is 4.76. The highest BCUT2D eigenvalue weighted by molar-refractivity contribution is 6.05. The summed E-state index contributed by atoms with van der Waals surface area (Å²) in [7, 11) is 0. The molecule has 1 atom stereocenters. The van der Waals surface area contributed by atoms with Crippen molar-refractivity contribution in [3.05, 3.63) is 108 Å². The Balaban J connectivity index is 0.00000245. The summed E-state index contributed by atoms with van der Waals surface area (Å²) in [5.41, 5.74) is 1.18. The highest BCUT2D eigenvalue weighted by atomic mass is 19.4. The molecule has 10 nitrogen and oxygen atoms in total. The molecule has 47 heavy (non-hydrogen) atoms. The number of hydrogen-bond donors (Lipinski definition) is 1. The minimum atomic E-state index is -4.71. The number of alkyl halides is 3. The second-order valence-corrected chi connectivity index (χ2v) is 10.2. The highest BCUT2D eigenvalue weighted by Gasteiger charge is 2.37. The number of allylic oxidation sites excluding steroid dienone is 2. The second kappa shape index (κ2) is 15.9. The lowest BCUT2D eigenvalue weighted by atomic mass is 9.96. The van der Waals surface area contributed by atoms with E-state index < -0.39 is 17.8 Å². The van der Waals surface area contributed by atoms with E-state index in [0.717, 1.165) is 11.6 Å². The third kappa shape index (κ3) is 8.76. The van der Waals surface area contributed by atoms with Gasteiger partial charge in [-0.15, -0.1) is 10.2 Å². The topological polar surface area (TPSA) is 115 Å². The number of rotatable bonds is 8. The molecule has 5 rings (SSSR count). The number of nitrogens with zero attached hydrogens (tertiary/aromatic N) is 6. The molecular formula is C34H36F3N7O3. The number of nitrogens with one attached hydrogen (secondary N) is 1. The van der Waals surface area contributed by atoms with Gasteiger partial charge in [-0.3, -0.25) is 14.6 Å². The molecule has 1 aliphatic heterocycles. The maximum atomic E-state index is 13.8. The van der Waals surface area contributed by atoms with Gasteiger partial charge in [0.05, 0.1) is 18.9 Å². The number of carbonyl (C=O) groups excluding carboxylic acids is 2. The molecule has 0 radical (unpaired) electrons. The van der Waals surface area contributed by atoms with Crippen LogP contribution in [0.15, 0.2) is 90.8 Å². The molecule has 246 valence electrons. The number of carbonyl (C=O) groups is 2. The number of aromatic nitrogens is 5. The third-order valence-electron chi connectivity index (χ3n) is 7.06. The first-order valence-electron chi connectivity index (χ1n) is 15.2. The average molecular weight is 648 g/mol. The number of ether oxygens (including phenoxy) is 1. The van der Waals surface area contributed by atoms with Crippen molar-refractivity contribution >= 4 is 17.6 Å². The summed E-state index contributed by atoms with van der Waals surface area (Å²) in [5.74, 6) is -0.938. The summed E-state index contributed by atoms with van der Waals surface area (Å²) >= 11 is 0. The van der Waals surface area contributed by atoms with E-state index in [-0.39, 0.29) is 29.2 Å². The number of hydrogen-bond acceptors (Lipinski definition) is 7. The predicted molar refractivity (Wildman–Crippen MR) is 172 cm³/mol. The van der Waals surface area contributed by atoms with Gasteiger partial charge in [0.25, 0.3) is 11.8 Å². The fourth-order valence-electron chi connectivity index (χ4n) is 4.76. The van der Waals surface area contributed by atoms with Gasteiger partial charge in [-0.25, -0.2) is 4.68 Å². The Kier molecular flexibility index (Phi) is 11.7. The summed E-state index contributed by atoms with van der Waals surface area (Å²) in [6.07, 6.45) is 3.32. The van der Waals surface area contributed by atoms with Gasteiger partial charge >= 0.3 is 6.18 Å². The van der Waals surface area contributed by atoms with E-state index in [4.69, 9.17) is 4.74 Å². The smallest absolute Gasteiger partial charge is 0.378 e. The van der Waals surface area contributed by atoms with Crippen LogP contribution in [0, 0.1) is 0 Å². The average Bonchev–Trinajstić information content (AvgIpc) is 3.56. The number of anilines is 1.